The molecule has 1 atom stereocenters. The van der Waals surface area contributed by atoms with Crippen LogP contribution in [-0.2, 0) is 4.79 Å². The maximum Gasteiger partial charge on any atom is 0.220 e. The summed E-state index contributed by atoms with van der Waals surface area (Å²) in [5, 5.41) is 2.69. The predicted molar refractivity (Wildman–Crippen MR) is 65.4 cm³/mol. The highest BCUT2D eigenvalue weighted by Crippen LogP contribution is 2.18. The van der Waals surface area contributed by atoms with E-state index >= 15 is 0 Å². The standard InChI is InChI=1S/C12H18FN3O/c1-5-11(17)14-8(2)12-9(13)6-7-10(15-12)16(3)4/h6-8H,5H2,1-4H3,(H,14,17)/t8-/m1/s1. The Morgan fingerprint density at radius 3 is 2.71 bits per heavy atom. The number of rotatable bonds is 4. The first-order valence-corrected chi connectivity index (χ1v) is 5.58. The van der Waals surface area contributed by atoms with Crippen molar-refractivity contribution in [3.63, 3.8) is 0 Å². The molecule has 0 saturated heterocycles. The molecule has 1 rings (SSSR count). The van der Waals surface area contributed by atoms with Gasteiger partial charge in [0, 0.05) is 20.5 Å². The van der Waals surface area contributed by atoms with Crippen molar-refractivity contribution in [2.45, 2.75) is 26.3 Å². The van der Waals surface area contributed by atoms with Crippen molar-refractivity contribution in [2.24, 2.45) is 0 Å². The van der Waals surface area contributed by atoms with Crippen molar-refractivity contribution in [1.29, 1.82) is 0 Å². The van der Waals surface area contributed by atoms with Crippen molar-refractivity contribution in [1.82, 2.24) is 10.3 Å². The SMILES string of the molecule is CCC(=O)N[C@H](C)c1nc(N(C)C)ccc1F. The number of aromatic nitrogens is 1. The van der Waals surface area contributed by atoms with E-state index in [1.54, 1.807) is 24.8 Å². The van der Waals surface area contributed by atoms with Crippen molar-refractivity contribution in [3.05, 3.63) is 23.6 Å². The molecule has 0 aromatic carbocycles. The van der Waals surface area contributed by atoms with Crippen LogP contribution >= 0.6 is 0 Å². The van der Waals surface area contributed by atoms with Gasteiger partial charge in [-0.3, -0.25) is 4.79 Å². The van der Waals surface area contributed by atoms with E-state index in [9.17, 15) is 9.18 Å². The van der Waals surface area contributed by atoms with E-state index in [4.69, 9.17) is 0 Å². The van der Waals surface area contributed by atoms with Crippen molar-refractivity contribution < 1.29 is 9.18 Å². The number of pyridine rings is 1. The summed E-state index contributed by atoms with van der Waals surface area (Å²) in [7, 11) is 3.67. The molecule has 4 nitrogen and oxygen atoms in total. The first kappa shape index (κ1) is 13.4. The predicted octanol–water partition coefficient (Wildman–Crippen LogP) is 1.87. The third kappa shape index (κ3) is 3.41. The highest BCUT2D eigenvalue weighted by atomic mass is 19.1. The van der Waals surface area contributed by atoms with Gasteiger partial charge >= 0.3 is 0 Å². The van der Waals surface area contributed by atoms with Crippen LogP contribution in [-0.4, -0.2) is 25.0 Å². The third-order valence-electron chi connectivity index (χ3n) is 2.43. The normalized spacial score (nSPS) is 12.1. The largest absolute Gasteiger partial charge is 0.363 e. The molecule has 5 heteroatoms. The van der Waals surface area contributed by atoms with Crippen LogP contribution in [0.15, 0.2) is 12.1 Å². The van der Waals surface area contributed by atoms with Crippen LogP contribution in [0.2, 0.25) is 0 Å². The lowest BCUT2D eigenvalue weighted by Crippen LogP contribution is -2.27. The zero-order valence-electron chi connectivity index (χ0n) is 10.6. The molecule has 0 spiro atoms. The molecular formula is C12H18FN3O. The zero-order valence-corrected chi connectivity index (χ0v) is 10.6. The maximum atomic E-state index is 13.6. The quantitative estimate of drug-likeness (QED) is 0.872. The molecular weight excluding hydrogens is 221 g/mol. The molecule has 0 saturated carbocycles. The molecule has 0 bridgehead atoms. The van der Waals surface area contributed by atoms with Gasteiger partial charge in [0.2, 0.25) is 5.91 Å². The molecule has 0 aliphatic rings. The topological polar surface area (TPSA) is 45.2 Å². The van der Waals surface area contributed by atoms with E-state index in [1.165, 1.54) is 6.07 Å². The lowest BCUT2D eigenvalue weighted by Gasteiger charge is -2.17. The average Bonchev–Trinajstić information content (AvgIpc) is 2.28. The van der Waals surface area contributed by atoms with Gasteiger partial charge < -0.3 is 10.2 Å². The number of anilines is 1. The van der Waals surface area contributed by atoms with E-state index in [0.29, 0.717) is 12.2 Å². The Morgan fingerprint density at radius 1 is 1.53 bits per heavy atom. The number of carbonyl (C=O) groups excluding carboxylic acids is 1. The van der Waals surface area contributed by atoms with E-state index in [-0.39, 0.29) is 11.6 Å². The molecule has 0 aliphatic carbocycles. The van der Waals surface area contributed by atoms with Crippen LogP contribution < -0.4 is 10.2 Å². The minimum absolute atomic E-state index is 0.117. The second kappa shape index (κ2) is 5.61. The number of nitrogens with zero attached hydrogens (tertiary/aromatic N) is 2. The van der Waals surface area contributed by atoms with E-state index in [2.05, 4.69) is 10.3 Å². The molecule has 1 aromatic rings. The van der Waals surface area contributed by atoms with E-state index in [1.807, 2.05) is 14.1 Å². The van der Waals surface area contributed by atoms with E-state index < -0.39 is 11.9 Å². The minimum Gasteiger partial charge on any atom is -0.363 e. The number of carbonyl (C=O) groups is 1. The fraction of sp³-hybridized carbons (Fsp3) is 0.500. The smallest absolute Gasteiger partial charge is 0.220 e. The fourth-order valence-corrected chi connectivity index (χ4v) is 1.41. The Kier molecular flexibility index (Phi) is 4.43. The van der Waals surface area contributed by atoms with E-state index in [0.717, 1.165) is 0 Å². The number of hydrogen-bond acceptors (Lipinski definition) is 3. The van der Waals surface area contributed by atoms with Gasteiger partial charge in [-0.1, -0.05) is 6.92 Å². The molecule has 0 aliphatic heterocycles. The van der Waals surface area contributed by atoms with Crippen molar-refractivity contribution in [2.75, 3.05) is 19.0 Å². The number of amides is 1. The van der Waals surface area contributed by atoms with Crippen LogP contribution in [0.3, 0.4) is 0 Å². The molecule has 1 N–H and O–H groups in total. The van der Waals surface area contributed by atoms with Gasteiger partial charge in [0.25, 0.3) is 0 Å². The number of halogens is 1. The summed E-state index contributed by atoms with van der Waals surface area (Å²) in [6.45, 7) is 3.47. The lowest BCUT2D eigenvalue weighted by atomic mass is 10.2. The number of hydrogen-bond donors (Lipinski definition) is 1. The summed E-state index contributed by atoms with van der Waals surface area (Å²) in [6, 6.07) is 2.54. The Labute approximate surface area is 101 Å². The second-order valence-corrected chi connectivity index (χ2v) is 4.07. The molecule has 0 unspecified atom stereocenters. The van der Waals surface area contributed by atoms with Crippen LogP contribution in [0.4, 0.5) is 10.2 Å². The third-order valence-corrected chi connectivity index (χ3v) is 2.43. The molecule has 94 valence electrons. The van der Waals surface area contributed by atoms with Crippen molar-refractivity contribution in [3.8, 4) is 0 Å². The monoisotopic (exact) mass is 239 g/mol. The molecule has 17 heavy (non-hydrogen) atoms. The maximum absolute atomic E-state index is 13.6. The molecule has 0 fully saturated rings. The summed E-state index contributed by atoms with van der Waals surface area (Å²) in [5.74, 6) is 0.146. The Hall–Kier alpha value is -1.65. The van der Waals surface area contributed by atoms with Crippen LogP contribution in [0.25, 0.3) is 0 Å². The van der Waals surface area contributed by atoms with Gasteiger partial charge in [-0.25, -0.2) is 9.37 Å². The highest BCUT2D eigenvalue weighted by molar-refractivity contribution is 5.75. The summed E-state index contributed by atoms with van der Waals surface area (Å²) in [4.78, 5) is 17.2. The van der Waals surface area contributed by atoms with Gasteiger partial charge in [0.05, 0.1) is 6.04 Å². The van der Waals surface area contributed by atoms with Gasteiger partial charge in [0.1, 0.15) is 17.3 Å². The summed E-state index contributed by atoms with van der Waals surface area (Å²) < 4.78 is 13.6. The van der Waals surface area contributed by atoms with Gasteiger partial charge in [-0.05, 0) is 19.1 Å². The minimum atomic E-state index is -0.428. The van der Waals surface area contributed by atoms with Gasteiger partial charge in [0.15, 0.2) is 0 Å². The summed E-state index contributed by atoms with van der Waals surface area (Å²) in [5.41, 5.74) is 0.262. The average molecular weight is 239 g/mol. The molecule has 1 amide bonds. The van der Waals surface area contributed by atoms with Crippen LogP contribution in [0.1, 0.15) is 32.0 Å². The fourth-order valence-electron chi connectivity index (χ4n) is 1.41. The highest BCUT2D eigenvalue weighted by Gasteiger charge is 2.15. The van der Waals surface area contributed by atoms with Crippen LogP contribution in [0.5, 0.6) is 0 Å². The molecule has 1 heterocycles. The Bertz CT molecular complexity index is 407. The summed E-state index contributed by atoms with van der Waals surface area (Å²) >= 11 is 0. The number of nitrogens with one attached hydrogen (secondary N) is 1. The molecule has 0 radical (unpaired) electrons. The van der Waals surface area contributed by atoms with Crippen LogP contribution in [0, 0.1) is 5.82 Å². The summed E-state index contributed by atoms with van der Waals surface area (Å²) in [6.07, 6.45) is 0.374. The first-order valence-electron chi connectivity index (χ1n) is 5.58. The molecule has 1 aromatic heterocycles. The Balaban J connectivity index is 2.95. The zero-order chi connectivity index (χ0) is 13.0. The van der Waals surface area contributed by atoms with Gasteiger partial charge in [-0.2, -0.15) is 0 Å². The second-order valence-electron chi connectivity index (χ2n) is 4.07. The lowest BCUT2D eigenvalue weighted by molar-refractivity contribution is -0.121. The Morgan fingerprint density at radius 2 is 2.18 bits per heavy atom. The van der Waals surface area contributed by atoms with Gasteiger partial charge in [-0.15, -0.1) is 0 Å². The first-order chi connectivity index (χ1) is 7.95. The van der Waals surface area contributed by atoms with Crippen molar-refractivity contribution >= 4 is 11.7 Å².